The van der Waals surface area contributed by atoms with Crippen LogP contribution >= 0.6 is 0 Å². The van der Waals surface area contributed by atoms with Crippen LogP contribution in [-0.2, 0) is 71.4 Å². The summed E-state index contributed by atoms with van der Waals surface area (Å²) in [7, 11) is 0. The highest BCUT2D eigenvalue weighted by Gasteiger charge is 2.56. The predicted octanol–water partition coefficient (Wildman–Crippen LogP) is -0.945. The Morgan fingerprint density at radius 2 is 1.00 bits per heavy atom. The lowest BCUT2D eigenvalue weighted by Gasteiger charge is -2.47. The van der Waals surface area contributed by atoms with Crippen LogP contribution in [0.25, 0.3) is 0 Å². The van der Waals surface area contributed by atoms with Crippen LogP contribution in [0.1, 0.15) is 48.5 Å². The van der Waals surface area contributed by atoms with Gasteiger partial charge in [-0.15, -0.1) is 0 Å². The second-order valence-electron chi connectivity index (χ2n) is 9.05. The van der Waals surface area contributed by atoms with Gasteiger partial charge in [-0.25, -0.2) is 0 Å². The quantitative estimate of drug-likeness (QED) is 0.259. The molecule has 0 spiro atoms. The molecule has 0 unspecified atom stereocenters. The van der Waals surface area contributed by atoms with Gasteiger partial charge in [-0.2, -0.15) is 0 Å². The van der Waals surface area contributed by atoms with Crippen molar-refractivity contribution in [2.45, 2.75) is 110 Å². The summed E-state index contributed by atoms with van der Waals surface area (Å²) in [4.78, 5) is 71.0. The van der Waals surface area contributed by atoms with Crippen LogP contribution in [-0.4, -0.2) is 109 Å². The molecule has 0 bridgehead atoms. The minimum atomic E-state index is -1.84. The standard InChI is InChI=1S/C24H34O16/c1-9-17(34-11(3)26)19(35-12(4)27)22(38-15(7)30)24(33-9)40-18-16(8-32-10(2)25)39-23(31)21(37-14(6)29)20(18)36-13(5)28/h9,16-24,31H,8H2,1-7H3/t9-,16-,17+,18+,19+,20+,21-,22-,23-,24-/m1/s1. The van der Waals surface area contributed by atoms with E-state index in [4.69, 9.17) is 42.6 Å². The molecule has 226 valence electrons. The first-order valence-electron chi connectivity index (χ1n) is 12.2. The first-order valence-corrected chi connectivity index (χ1v) is 12.2. The number of aliphatic hydroxyl groups excluding tert-OH is 1. The number of rotatable bonds is 9. The van der Waals surface area contributed by atoms with E-state index in [1.54, 1.807) is 0 Å². The number of carbonyl (C=O) groups excluding carboxylic acids is 6. The number of esters is 6. The number of ether oxygens (including phenoxy) is 9. The van der Waals surface area contributed by atoms with Gasteiger partial charge in [-0.3, -0.25) is 28.8 Å². The Balaban J connectivity index is 2.56. The SMILES string of the molecule is CC(=O)OC[C@H]1O[C@@H](O)[C@H](OC(C)=O)[C@@H](OC(C)=O)[C@H]1O[C@H]1O[C@H](C)[C@H](OC(C)=O)[C@H](OC(C)=O)[C@H]1OC(C)=O. The van der Waals surface area contributed by atoms with E-state index in [0.29, 0.717) is 0 Å². The zero-order valence-corrected chi connectivity index (χ0v) is 23.1. The third-order valence-electron chi connectivity index (χ3n) is 5.59. The lowest BCUT2D eigenvalue weighted by molar-refractivity contribution is -0.354. The van der Waals surface area contributed by atoms with Crippen LogP contribution in [0.5, 0.6) is 0 Å². The monoisotopic (exact) mass is 578 g/mol. The third kappa shape index (κ3) is 9.11. The van der Waals surface area contributed by atoms with Crippen molar-refractivity contribution in [3.8, 4) is 0 Å². The van der Waals surface area contributed by atoms with E-state index in [1.165, 1.54) is 6.92 Å². The molecule has 2 rings (SSSR count). The molecule has 2 aliphatic rings. The van der Waals surface area contributed by atoms with Gasteiger partial charge in [-0.1, -0.05) is 0 Å². The average molecular weight is 579 g/mol. The van der Waals surface area contributed by atoms with Gasteiger partial charge in [0.15, 0.2) is 43.1 Å². The maximum atomic E-state index is 12.0. The smallest absolute Gasteiger partial charge is 0.303 e. The van der Waals surface area contributed by atoms with Gasteiger partial charge in [0.05, 0.1) is 6.10 Å². The zero-order valence-electron chi connectivity index (χ0n) is 23.1. The minimum Gasteiger partial charge on any atom is -0.463 e. The molecule has 0 radical (unpaired) electrons. The van der Waals surface area contributed by atoms with Crippen molar-refractivity contribution in [3.05, 3.63) is 0 Å². The number of hydrogen-bond acceptors (Lipinski definition) is 16. The Morgan fingerprint density at radius 3 is 1.48 bits per heavy atom. The van der Waals surface area contributed by atoms with E-state index >= 15 is 0 Å². The van der Waals surface area contributed by atoms with E-state index in [9.17, 15) is 33.9 Å². The molecule has 40 heavy (non-hydrogen) atoms. The molecule has 2 fully saturated rings. The lowest BCUT2D eigenvalue weighted by Crippen LogP contribution is -2.66. The van der Waals surface area contributed by atoms with E-state index in [-0.39, 0.29) is 0 Å². The van der Waals surface area contributed by atoms with Crippen molar-refractivity contribution in [2.24, 2.45) is 0 Å². The highest BCUT2D eigenvalue weighted by atomic mass is 16.8. The van der Waals surface area contributed by atoms with Crippen LogP contribution in [0.15, 0.2) is 0 Å². The van der Waals surface area contributed by atoms with Crippen molar-refractivity contribution in [3.63, 3.8) is 0 Å². The number of hydrogen-bond donors (Lipinski definition) is 1. The molecule has 0 aromatic heterocycles. The molecule has 10 atom stereocenters. The summed E-state index contributed by atoms with van der Waals surface area (Å²) in [5.74, 6) is -4.84. The second kappa shape index (κ2) is 14.3. The molecule has 1 N–H and O–H groups in total. The summed E-state index contributed by atoms with van der Waals surface area (Å²) in [6.45, 7) is 7.40. The third-order valence-corrected chi connectivity index (χ3v) is 5.59. The molecular weight excluding hydrogens is 544 g/mol. The van der Waals surface area contributed by atoms with Crippen molar-refractivity contribution < 1.29 is 76.5 Å². The summed E-state index contributed by atoms with van der Waals surface area (Å²) >= 11 is 0. The van der Waals surface area contributed by atoms with Gasteiger partial charge >= 0.3 is 35.8 Å². The highest BCUT2D eigenvalue weighted by Crippen LogP contribution is 2.34. The van der Waals surface area contributed by atoms with E-state index < -0.39 is 104 Å². The van der Waals surface area contributed by atoms with E-state index in [1.807, 2.05) is 0 Å². The molecule has 2 heterocycles. The summed E-state index contributed by atoms with van der Waals surface area (Å²) in [5, 5.41) is 10.5. The Kier molecular flexibility index (Phi) is 11.8. The van der Waals surface area contributed by atoms with Gasteiger partial charge in [-0.05, 0) is 6.92 Å². The molecule has 0 amide bonds. The molecule has 16 nitrogen and oxygen atoms in total. The molecule has 0 aliphatic carbocycles. The summed E-state index contributed by atoms with van der Waals surface area (Å²) in [6.07, 6.45) is -14.6. The predicted molar refractivity (Wildman–Crippen MR) is 124 cm³/mol. The molecule has 16 heteroatoms. The first kappa shape index (κ1) is 32.9. The molecule has 2 aliphatic heterocycles. The second-order valence-corrected chi connectivity index (χ2v) is 9.05. The molecule has 0 aromatic carbocycles. The average Bonchev–Trinajstić information content (AvgIpc) is 2.80. The molecular formula is C24H34O16. The van der Waals surface area contributed by atoms with Gasteiger partial charge in [0.1, 0.15) is 18.8 Å². The number of aliphatic hydroxyl groups is 1. The van der Waals surface area contributed by atoms with E-state index in [0.717, 1.165) is 41.5 Å². The molecule has 0 saturated carbocycles. The van der Waals surface area contributed by atoms with Gasteiger partial charge in [0.25, 0.3) is 0 Å². The van der Waals surface area contributed by atoms with Crippen molar-refractivity contribution in [1.29, 1.82) is 0 Å². The fourth-order valence-electron chi connectivity index (χ4n) is 4.27. The lowest BCUT2D eigenvalue weighted by atomic mass is 9.96. The summed E-state index contributed by atoms with van der Waals surface area (Å²) in [6, 6.07) is 0. The summed E-state index contributed by atoms with van der Waals surface area (Å²) in [5.41, 5.74) is 0. The normalized spacial score (nSPS) is 33.6. The van der Waals surface area contributed by atoms with Gasteiger partial charge < -0.3 is 47.7 Å². The van der Waals surface area contributed by atoms with Crippen LogP contribution in [0.4, 0.5) is 0 Å². The first-order chi connectivity index (χ1) is 18.6. The zero-order chi connectivity index (χ0) is 30.3. The minimum absolute atomic E-state index is 0.522. The maximum absolute atomic E-state index is 12.0. The fraction of sp³-hybridized carbons (Fsp3) is 0.750. The van der Waals surface area contributed by atoms with Crippen molar-refractivity contribution >= 4 is 35.8 Å². The Morgan fingerprint density at radius 1 is 0.575 bits per heavy atom. The molecule has 2 saturated heterocycles. The topological polar surface area (TPSA) is 206 Å². The fourth-order valence-corrected chi connectivity index (χ4v) is 4.27. The van der Waals surface area contributed by atoms with Gasteiger partial charge in [0, 0.05) is 41.5 Å². The van der Waals surface area contributed by atoms with Crippen LogP contribution in [0, 0.1) is 0 Å². The highest BCUT2D eigenvalue weighted by molar-refractivity contribution is 5.69. The molecule has 0 aromatic rings. The Bertz CT molecular complexity index is 965. The Hall–Kier alpha value is -3.34. The number of carbonyl (C=O) groups is 6. The van der Waals surface area contributed by atoms with Crippen LogP contribution in [0.3, 0.4) is 0 Å². The van der Waals surface area contributed by atoms with Gasteiger partial charge in [0.2, 0.25) is 0 Å². The van der Waals surface area contributed by atoms with Crippen molar-refractivity contribution in [2.75, 3.05) is 6.61 Å². The van der Waals surface area contributed by atoms with Crippen LogP contribution in [0.2, 0.25) is 0 Å². The maximum Gasteiger partial charge on any atom is 0.303 e. The summed E-state index contributed by atoms with van der Waals surface area (Å²) < 4.78 is 48.9. The Labute approximate surface area is 229 Å². The van der Waals surface area contributed by atoms with E-state index in [2.05, 4.69) is 0 Å². The largest absolute Gasteiger partial charge is 0.463 e. The van der Waals surface area contributed by atoms with Crippen molar-refractivity contribution in [1.82, 2.24) is 0 Å². The van der Waals surface area contributed by atoms with Crippen LogP contribution < -0.4 is 0 Å².